The number of carbonyl (C=O) groups excluding carboxylic acids is 2. The molecule has 1 aromatic carbocycles. The van der Waals surface area contributed by atoms with E-state index in [0.717, 1.165) is 10.5 Å². The lowest BCUT2D eigenvalue weighted by molar-refractivity contribution is -0.152. The molecule has 0 spiro atoms. The number of ether oxygens (including phenoxy) is 1. The second kappa shape index (κ2) is 8.28. The first-order valence-electron chi connectivity index (χ1n) is 8.06. The normalized spacial score (nSPS) is 11.8. The summed E-state index contributed by atoms with van der Waals surface area (Å²) in [6.45, 7) is 3.55. The van der Waals surface area contributed by atoms with E-state index in [4.69, 9.17) is 9.57 Å². The molecule has 2 aromatic rings. The summed E-state index contributed by atoms with van der Waals surface area (Å²) in [4.78, 5) is 30.9. The van der Waals surface area contributed by atoms with Crippen LogP contribution in [-0.4, -0.2) is 45.0 Å². The Balaban J connectivity index is 2.05. The van der Waals surface area contributed by atoms with Crippen LogP contribution in [0.5, 0.6) is 11.8 Å². The Morgan fingerprint density at radius 1 is 1.08 bits per heavy atom. The zero-order valence-electron chi connectivity index (χ0n) is 14.8. The number of aromatic nitrogens is 1. The van der Waals surface area contributed by atoms with E-state index in [9.17, 15) is 19.8 Å². The van der Waals surface area contributed by atoms with Gasteiger partial charge in [-0.05, 0) is 11.5 Å². The zero-order chi connectivity index (χ0) is 19.3. The van der Waals surface area contributed by atoms with E-state index in [2.05, 4.69) is 0 Å². The molecular weight excluding hydrogens is 340 g/mol. The number of aromatic hydroxyl groups is 2. The quantitative estimate of drug-likeness (QED) is 0.816. The van der Waals surface area contributed by atoms with Crippen LogP contribution in [0.25, 0.3) is 0 Å². The van der Waals surface area contributed by atoms with Crippen LogP contribution in [0.4, 0.5) is 4.79 Å². The number of rotatable bonds is 6. The number of amides is 1. The number of hydrogen-bond donors (Lipinski definition) is 2. The molecule has 8 nitrogen and oxygen atoms in total. The van der Waals surface area contributed by atoms with Crippen molar-refractivity contribution >= 4 is 12.1 Å². The van der Waals surface area contributed by atoms with E-state index in [1.807, 2.05) is 30.3 Å². The summed E-state index contributed by atoms with van der Waals surface area (Å²) in [5.74, 6) is -1.99. The molecule has 26 heavy (non-hydrogen) atoms. The number of benzene rings is 1. The molecule has 1 aromatic heterocycles. The summed E-state index contributed by atoms with van der Waals surface area (Å²) >= 11 is 0. The summed E-state index contributed by atoms with van der Waals surface area (Å²) in [7, 11) is 1.43. The predicted octanol–water partition coefficient (Wildman–Crippen LogP) is 2.15. The van der Waals surface area contributed by atoms with Gasteiger partial charge in [-0.25, -0.2) is 9.59 Å². The second-order valence-electron chi connectivity index (χ2n) is 6.09. The van der Waals surface area contributed by atoms with Gasteiger partial charge >= 0.3 is 12.1 Å². The van der Waals surface area contributed by atoms with Crippen LogP contribution in [-0.2, 0) is 16.1 Å². The summed E-state index contributed by atoms with van der Waals surface area (Å²) in [5.41, 5.74) is 0.820. The van der Waals surface area contributed by atoms with Crippen LogP contribution in [0.15, 0.2) is 42.5 Å². The zero-order valence-corrected chi connectivity index (χ0v) is 14.8. The van der Waals surface area contributed by atoms with Gasteiger partial charge in [0.25, 0.3) is 0 Å². The molecule has 0 bridgehead atoms. The molecule has 1 heterocycles. The fraction of sp³-hybridized carbons (Fsp3) is 0.333. The third-order valence-electron chi connectivity index (χ3n) is 3.76. The lowest BCUT2D eigenvalue weighted by atomic mass is 10.0. The Bertz CT molecular complexity index is 737. The van der Waals surface area contributed by atoms with E-state index in [0.29, 0.717) is 4.73 Å². The molecule has 2 N–H and O–H groups in total. The van der Waals surface area contributed by atoms with Crippen LogP contribution in [0.3, 0.4) is 0 Å². The molecule has 1 atom stereocenters. The molecular formula is C18H22N2O6. The van der Waals surface area contributed by atoms with Gasteiger partial charge in [-0.15, -0.1) is 4.73 Å². The van der Waals surface area contributed by atoms with E-state index >= 15 is 0 Å². The Hall–Kier alpha value is -3.16. The van der Waals surface area contributed by atoms with Crippen molar-refractivity contribution in [1.82, 2.24) is 9.63 Å². The standard InChI is InChI=1S/C18H22N2O6/c1-12(2)16(17(23)26-20-14(21)9-10-15(20)22)19(3)18(24)25-11-13-7-5-4-6-8-13/h4-10,12,16,21-22H,11H2,1-3H3/t16-/m0/s1. The molecule has 0 aliphatic rings. The predicted molar refractivity (Wildman–Crippen MR) is 92.4 cm³/mol. The third kappa shape index (κ3) is 4.47. The van der Waals surface area contributed by atoms with Crippen LogP contribution >= 0.6 is 0 Å². The number of likely N-dealkylation sites (N-methyl/N-ethyl adjacent to an activating group) is 1. The monoisotopic (exact) mass is 362 g/mol. The van der Waals surface area contributed by atoms with Crippen molar-refractivity contribution in [2.24, 2.45) is 5.92 Å². The smallest absolute Gasteiger partial charge is 0.410 e. The van der Waals surface area contributed by atoms with Gasteiger partial charge in [0.2, 0.25) is 11.8 Å². The van der Waals surface area contributed by atoms with Gasteiger partial charge in [0.1, 0.15) is 12.6 Å². The average molecular weight is 362 g/mol. The van der Waals surface area contributed by atoms with Crippen molar-refractivity contribution < 1.29 is 29.4 Å². The van der Waals surface area contributed by atoms with Crippen molar-refractivity contribution in [3.05, 3.63) is 48.0 Å². The van der Waals surface area contributed by atoms with Crippen LogP contribution in [0, 0.1) is 5.92 Å². The minimum Gasteiger partial charge on any atom is -0.492 e. The minimum atomic E-state index is -0.973. The van der Waals surface area contributed by atoms with Crippen molar-refractivity contribution in [1.29, 1.82) is 0 Å². The van der Waals surface area contributed by atoms with Crippen molar-refractivity contribution in [2.45, 2.75) is 26.5 Å². The molecule has 0 saturated carbocycles. The molecule has 0 aliphatic heterocycles. The molecule has 140 valence electrons. The van der Waals surface area contributed by atoms with Crippen molar-refractivity contribution in [2.75, 3.05) is 7.05 Å². The largest absolute Gasteiger partial charge is 0.492 e. The minimum absolute atomic E-state index is 0.0725. The highest BCUT2D eigenvalue weighted by Gasteiger charge is 2.33. The summed E-state index contributed by atoms with van der Waals surface area (Å²) in [6, 6.07) is 10.5. The molecule has 0 radical (unpaired) electrons. The topological polar surface area (TPSA) is 101 Å². The van der Waals surface area contributed by atoms with E-state index < -0.39 is 29.9 Å². The van der Waals surface area contributed by atoms with Gasteiger partial charge in [-0.3, -0.25) is 4.90 Å². The van der Waals surface area contributed by atoms with Crippen molar-refractivity contribution in [3.8, 4) is 11.8 Å². The maximum absolute atomic E-state index is 12.5. The average Bonchev–Trinajstić information content (AvgIpc) is 2.92. The van der Waals surface area contributed by atoms with Gasteiger partial charge in [0.15, 0.2) is 0 Å². The van der Waals surface area contributed by atoms with Crippen LogP contribution in [0.2, 0.25) is 0 Å². The highest BCUT2D eigenvalue weighted by atomic mass is 16.7. The first-order chi connectivity index (χ1) is 12.3. The fourth-order valence-corrected chi connectivity index (χ4v) is 2.45. The molecule has 1 amide bonds. The molecule has 2 rings (SSSR count). The van der Waals surface area contributed by atoms with Gasteiger partial charge in [0, 0.05) is 19.2 Å². The SMILES string of the molecule is CC(C)[C@@H](C(=O)On1c(O)ccc1O)N(C)C(=O)OCc1ccccc1. The number of nitrogens with zero attached hydrogens (tertiary/aromatic N) is 2. The Morgan fingerprint density at radius 2 is 1.65 bits per heavy atom. The number of hydrogen-bond acceptors (Lipinski definition) is 6. The van der Waals surface area contributed by atoms with Crippen LogP contribution in [0.1, 0.15) is 19.4 Å². The van der Waals surface area contributed by atoms with E-state index in [-0.39, 0.29) is 12.5 Å². The summed E-state index contributed by atoms with van der Waals surface area (Å²) < 4.78 is 5.81. The second-order valence-corrected chi connectivity index (χ2v) is 6.09. The lowest BCUT2D eigenvalue weighted by Gasteiger charge is -2.28. The van der Waals surface area contributed by atoms with Gasteiger partial charge in [-0.1, -0.05) is 44.2 Å². The highest BCUT2D eigenvalue weighted by Crippen LogP contribution is 2.20. The Morgan fingerprint density at radius 3 is 2.19 bits per heavy atom. The van der Waals surface area contributed by atoms with Gasteiger partial charge < -0.3 is 19.8 Å². The maximum atomic E-state index is 12.5. The molecule has 0 unspecified atom stereocenters. The molecule has 0 saturated heterocycles. The Kier molecular flexibility index (Phi) is 6.11. The summed E-state index contributed by atoms with van der Waals surface area (Å²) in [5, 5.41) is 19.2. The molecule has 0 aliphatic carbocycles. The van der Waals surface area contributed by atoms with Gasteiger partial charge in [0.05, 0.1) is 0 Å². The lowest BCUT2D eigenvalue weighted by Crippen LogP contribution is -2.49. The Labute approximate surface area is 151 Å². The fourth-order valence-electron chi connectivity index (χ4n) is 2.45. The number of carbonyl (C=O) groups is 2. The maximum Gasteiger partial charge on any atom is 0.410 e. The molecule has 0 fully saturated rings. The first kappa shape index (κ1) is 19.2. The summed E-state index contributed by atoms with van der Waals surface area (Å²) in [6.07, 6.45) is -0.689. The van der Waals surface area contributed by atoms with E-state index in [1.165, 1.54) is 19.2 Å². The molecule has 8 heteroatoms. The first-order valence-corrected chi connectivity index (χ1v) is 8.06. The van der Waals surface area contributed by atoms with Gasteiger partial charge in [-0.2, -0.15) is 0 Å². The third-order valence-corrected chi connectivity index (χ3v) is 3.76. The van der Waals surface area contributed by atoms with Crippen LogP contribution < -0.4 is 4.84 Å². The highest BCUT2D eigenvalue weighted by molar-refractivity contribution is 5.81. The van der Waals surface area contributed by atoms with Crippen molar-refractivity contribution in [3.63, 3.8) is 0 Å². The van der Waals surface area contributed by atoms with E-state index in [1.54, 1.807) is 13.8 Å².